The SMILES string of the molecule is CCCN(CC1CC1)C(=O)C(CC)C(N)=S. The molecule has 4 heteroatoms. The minimum atomic E-state index is -0.264. The zero-order chi connectivity index (χ0) is 12.1. The van der Waals surface area contributed by atoms with Gasteiger partial charge in [-0.15, -0.1) is 0 Å². The number of nitrogens with two attached hydrogens (primary N) is 1. The van der Waals surface area contributed by atoms with Gasteiger partial charge in [0, 0.05) is 13.1 Å². The van der Waals surface area contributed by atoms with Crippen molar-refractivity contribution < 1.29 is 4.79 Å². The van der Waals surface area contributed by atoms with Crippen LogP contribution in [0.4, 0.5) is 0 Å². The third-order valence-electron chi connectivity index (χ3n) is 3.03. The predicted molar refractivity (Wildman–Crippen MR) is 70.2 cm³/mol. The van der Waals surface area contributed by atoms with Crippen molar-refractivity contribution in [3.63, 3.8) is 0 Å². The third kappa shape index (κ3) is 3.74. The van der Waals surface area contributed by atoms with Crippen LogP contribution in [-0.4, -0.2) is 28.9 Å². The molecule has 0 aromatic rings. The molecule has 1 fully saturated rings. The Hall–Kier alpha value is -0.640. The smallest absolute Gasteiger partial charge is 0.232 e. The molecule has 0 saturated heterocycles. The lowest BCUT2D eigenvalue weighted by Gasteiger charge is -2.26. The summed E-state index contributed by atoms with van der Waals surface area (Å²) in [5.41, 5.74) is 5.61. The molecule has 0 heterocycles. The molecule has 16 heavy (non-hydrogen) atoms. The van der Waals surface area contributed by atoms with Crippen molar-refractivity contribution >= 4 is 23.1 Å². The molecule has 0 aromatic carbocycles. The highest BCUT2D eigenvalue weighted by Gasteiger charge is 2.30. The molecule has 1 aliphatic carbocycles. The zero-order valence-electron chi connectivity index (χ0n) is 10.2. The number of carbonyl (C=O) groups is 1. The first kappa shape index (κ1) is 13.4. The van der Waals surface area contributed by atoms with E-state index < -0.39 is 0 Å². The quantitative estimate of drug-likeness (QED) is 0.694. The van der Waals surface area contributed by atoms with Crippen molar-refractivity contribution in [2.75, 3.05) is 13.1 Å². The summed E-state index contributed by atoms with van der Waals surface area (Å²) in [5.74, 6) is 0.586. The van der Waals surface area contributed by atoms with Gasteiger partial charge in [-0.05, 0) is 31.6 Å². The van der Waals surface area contributed by atoms with Crippen LogP contribution in [0.5, 0.6) is 0 Å². The molecule has 1 saturated carbocycles. The van der Waals surface area contributed by atoms with Crippen LogP contribution in [0.25, 0.3) is 0 Å². The van der Waals surface area contributed by atoms with Gasteiger partial charge in [0.1, 0.15) is 0 Å². The molecule has 1 rings (SSSR count). The molecule has 1 unspecified atom stereocenters. The van der Waals surface area contributed by atoms with E-state index in [2.05, 4.69) is 6.92 Å². The molecule has 92 valence electrons. The van der Waals surface area contributed by atoms with Crippen molar-refractivity contribution in [3.8, 4) is 0 Å². The molecule has 2 N–H and O–H groups in total. The van der Waals surface area contributed by atoms with Gasteiger partial charge in [-0.1, -0.05) is 26.1 Å². The lowest BCUT2D eigenvalue weighted by Crippen LogP contribution is -2.42. The molecule has 1 aliphatic rings. The molecule has 0 bridgehead atoms. The van der Waals surface area contributed by atoms with Crippen LogP contribution >= 0.6 is 12.2 Å². The van der Waals surface area contributed by atoms with Gasteiger partial charge in [0.25, 0.3) is 0 Å². The standard InChI is InChI=1S/C12H22N2OS/c1-3-7-14(8-9-5-6-9)12(15)10(4-2)11(13)16/h9-10H,3-8H2,1-2H3,(H2,13,16). The Morgan fingerprint density at radius 2 is 2.12 bits per heavy atom. The van der Waals surface area contributed by atoms with E-state index >= 15 is 0 Å². The fourth-order valence-electron chi connectivity index (χ4n) is 1.89. The van der Waals surface area contributed by atoms with E-state index in [9.17, 15) is 4.79 Å². The number of nitrogens with zero attached hydrogens (tertiary/aromatic N) is 1. The second-order valence-corrected chi connectivity index (χ2v) is 5.06. The van der Waals surface area contributed by atoms with Crippen LogP contribution in [0.15, 0.2) is 0 Å². The Balaban J connectivity index is 2.59. The van der Waals surface area contributed by atoms with Crippen LogP contribution in [0.3, 0.4) is 0 Å². The predicted octanol–water partition coefficient (Wildman–Crippen LogP) is 1.95. The minimum absolute atomic E-state index is 0.128. The van der Waals surface area contributed by atoms with Gasteiger partial charge in [-0.3, -0.25) is 4.79 Å². The summed E-state index contributed by atoms with van der Waals surface area (Å²) in [4.78, 5) is 14.5. The zero-order valence-corrected chi connectivity index (χ0v) is 11.1. The van der Waals surface area contributed by atoms with E-state index in [1.165, 1.54) is 12.8 Å². The van der Waals surface area contributed by atoms with Crippen molar-refractivity contribution in [1.82, 2.24) is 4.90 Å². The Labute approximate surface area is 103 Å². The summed E-state index contributed by atoms with van der Waals surface area (Å²) >= 11 is 4.96. The van der Waals surface area contributed by atoms with Crippen LogP contribution < -0.4 is 5.73 Å². The summed E-state index contributed by atoms with van der Waals surface area (Å²) in [6.07, 6.45) is 4.22. The maximum absolute atomic E-state index is 12.2. The van der Waals surface area contributed by atoms with Crippen LogP contribution in [-0.2, 0) is 4.79 Å². The number of amides is 1. The van der Waals surface area contributed by atoms with Crippen LogP contribution in [0.2, 0.25) is 0 Å². The van der Waals surface area contributed by atoms with Gasteiger partial charge in [0.05, 0.1) is 10.9 Å². The number of rotatable bonds is 7. The molecule has 0 aliphatic heterocycles. The number of hydrogen-bond acceptors (Lipinski definition) is 2. The number of hydrogen-bond donors (Lipinski definition) is 1. The van der Waals surface area contributed by atoms with E-state index in [4.69, 9.17) is 18.0 Å². The minimum Gasteiger partial charge on any atom is -0.393 e. The highest BCUT2D eigenvalue weighted by Crippen LogP contribution is 2.30. The largest absolute Gasteiger partial charge is 0.393 e. The van der Waals surface area contributed by atoms with Gasteiger partial charge < -0.3 is 10.6 Å². The fourth-order valence-corrected chi connectivity index (χ4v) is 2.16. The molecule has 1 amide bonds. The summed E-state index contributed by atoms with van der Waals surface area (Å²) in [5, 5.41) is 0. The van der Waals surface area contributed by atoms with Gasteiger partial charge in [-0.2, -0.15) is 0 Å². The van der Waals surface area contributed by atoms with Crippen molar-refractivity contribution in [2.24, 2.45) is 17.6 Å². The first-order valence-electron chi connectivity index (χ1n) is 6.18. The Morgan fingerprint density at radius 3 is 2.50 bits per heavy atom. The number of thiocarbonyl (C=S) groups is 1. The fraction of sp³-hybridized carbons (Fsp3) is 0.833. The first-order valence-corrected chi connectivity index (χ1v) is 6.59. The van der Waals surface area contributed by atoms with Crippen LogP contribution in [0, 0.1) is 11.8 Å². The normalized spacial score (nSPS) is 16.9. The Morgan fingerprint density at radius 1 is 1.50 bits per heavy atom. The van der Waals surface area contributed by atoms with E-state index in [1.54, 1.807) is 0 Å². The van der Waals surface area contributed by atoms with Crippen molar-refractivity contribution in [1.29, 1.82) is 0 Å². The first-order chi connectivity index (χ1) is 7.60. The van der Waals surface area contributed by atoms with E-state index in [1.807, 2.05) is 11.8 Å². The van der Waals surface area contributed by atoms with Gasteiger partial charge in [-0.25, -0.2) is 0 Å². The summed E-state index contributed by atoms with van der Waals surface area (Å²) in [7, 11) is 0. The highest BCUT2D eigenvalue weighted by molar-refractivity contribution is 7.80. The summed E-state index contributed by atoms with van der Waals surface area (Å²) < 4.78 is 0. The molecular weight excluding hydrogens is 220 g/mol. The average molecular weight is 242 g/mol. The maximum atomic E-state index is 12.2. The second kappa shape index (κ2) is 6.18. The maximum Gasteiger partial charge on any atom is 0.232 e. The third-order valence-corrected chi connectivity index (χ3v) is 3.32. The van der Waals surface area contributed by atoms with E-state index in [0.717, 1.165) is 25.4 Å². The topological polar surface area (TPSA) is 46.3 Å². The number of carbonyl (C=O) groups excluding carboxylic acids is 1. The Bertz CT molecular complexity index is 264. The summed E-state index contributed by atoms with van der Waals surface area (Å²) in [6.45, 7) is 5.78. The van der Waals surface area contributed by atoms with Crippen LogP contribution in [0.1, 0.15) is 39.5 Å². The monoisotopic (exact) mass is 242 g/mol. The van der Waals surface area contributed by atoms with E-state index in [-0.39, 0.29) is 11.8 Å². The summed E-state index contributed by atoms with van der Waals surface area (Å²) in [6, 6.07) is 0. The van der Waals surface area contributed by atoms with Gasteiger partial charge >= 0.3 is 0 Å². The highest BCUT2D eigenvalue weighted by atomic mass is 32.1. The Kier molecular flexibility index (Phi) is 5.19. The van der Waals surface area contributed by atoms with E-state index in [0.29, 0.717) is 11.4 Å². The lowest BCUT2D eigenvalue weighted by atomic mass is 10.0. The second-order valence-electron chi connectivity index (χ2n) is 4.59. The lowest BCUT2D eigenvalue weighted by molar-refractivity contribution is -0.133. The van der Waals surface area contributed by atoms with Gasteiger partial charge in [0.15, 0.2) is 0 Å². The molecule has 0 aromatic heterocycles. The van der Waals surface area contributed by atoms with Gasteiger partial charge in [0.2, 0.25) is 5.91 Å². The average Bonchev–Trinajstić information content (AvgIpc) is 3.01. The van der Waals surface area contributed by atoms with Crippen molar-refractivity contribution in [2.45, 2.75) is 39.5 Å². The molecule has 0 radical (unpaired) electrons. The molecule has 1 atom stereocenters. The molecule has 0 spiro atoms. The van der Waals surface area contributed by atoms with Crippen molar-refractivity contribution in [3.05, 3.63) is 0 Å². The molecular formula is C12H22N2OS. The molecule has 3 nitrogen and oxygen atoms in total.